The first-order chi connectivity index (χ1) is 9.16. The molecule has 0 fully saturated rings. The minimum Gasteiger partial charge on any atom is -0.245 e. The van der Waals surface area contributed by atoms with Crippen molar-refractivity contribution in [2.75, 3.05) is 0 Å². The molecule has 0 aliphatic carbocycles. The third-order valence-corrected chi connectivity index (χ3v) is 3.44. The van der Waals surface area contributed by atoms with Crippen molar-refractivity contribution in [1.82, 2.24) is 4.98 Å². The Hall–Kier alpha value is -1.93. The summed E-state index contributed by atoms with van der Waals surface area (Å²) in [6.45, 7) is 1.95. The summed E-state index contributed by atoms with van der Waals surface area (Å²) in [7, 11) is 0. The van der Waals surface area contributed by atoms with Gasteiger partial charge in [-0.2, -0.15) is 0 Å². The lowest BCUT2D eigenvalue weighted by molar-refractivity contribution is 0.637. The van der Waals surface area contributed by atoms with Crippen LogP contribution in [0.2, 0.25) is 5.02 Å². The molecule has 0 saturated carbocycles. The van der Waals surface area contributed by atoms with Crippen LogP contribution in [0.1, 0.15) is 5.56 Å². The van der Waals surface area contributed by atoms with Crippen LogP contribution in [0.3, 0.4) is 0 Å². The van der Waals surface area contributed by atoms with E-state index in [0.717, 1.165) is 22.2 Å². The summed E-state index contributed by atoms with van der Waals surface area (Å²) >= 11 is 5.82. The molecule has 94 valence electrons. The molecule has 0 unspecified atom stereocenters. The highest BCUT2D eigenvalue weighted by Crippen LogP contribution is 2.28. The van der Waals surface area contributed by atoms with Crippen LogP contribution in [0.4, 0.5) is 4.39 Å². The van der Waals surface area contributed by atoms with Crippen LogP contribution in [0.15, 0.2) is 48.5 Å². The average Bonchev–Trinajstić information content (AvgIpc) is 2.44. The number of aromatic nitrogens is 1. The molecule has 0 radical (unpaired) electrons. The molecule has 0 amide bonds. The maximum atomic E-state index is 14.1. The van der Waals surface area contributed by atoms with E-state index in [-0.39, 0.29) is 5.02 Å². The first kappa shape index (κ1) is 12.1. The Bertz CT molecular complexity index is 754. The van der Waals surface area contributed by atoms with Gasteiger partial charge in [0.05, 0.1) is 10.7 Å². The zero-order valence-corrected chi connectivity index (χ0v) is 11.1. The molecular weight excluding hydrogens is 261 g/mol. The van der Waals surface area contributed by atoms with Gasteiger partial charge < -0.3 is 0 Å². The second kappa shape index (κ2) is 4.63. The second-order valence-corrected chi connectivity index (χ2v) is 4.86. The molecule has 0 spiro atoms. The van der Waals surface area contributed by atoms with Gasteiger partial charge in [-0.05, 0) is 24.6 Å². The fraction of sp³-hybridized carbons (Fsp3) is 0.0625. The lowest BCUT2D eigenvalue weighted by Crippen LogP contribution is -1.92. The van der Waals surface area contributed by atoms with Crippen LogP contribution >= 0.6 is 11.6 Å². The predicted octanol–water partition coefficient (Wildman–Crippen LogP) is 5.00. The Labute approximate surface area is 115 Å². The highest BCUT2D eigenvalue weighted by Gasteiger charge is 2.11. The van der Waals surface area contributed by atoms with Crippen LogP contribution in [0.25, 0.3) is 22.2 Å². The first-order valence-electron chi connectivity index (χ1n) is 5.97. The van der Waals surface area contributed by atoms with Crippen molar-refractivity contribution >= 4 is 22.5 Å². The molecule has 0 saturated heterocycles. The normalized spacial score (nSPS) is 10.9. The highest BCUT2D eigenvalue weighted by molar-refractivity contribution is 6.31. The molecule has 0 aliphatic rings. The van der Waals surface area contributed by atoms with Gasteiger partial charge in [-0.15, -0.1) is 0 Å². The smallest absolute Gasteiger partial charge is 0.167 e. The molecule has 0 aliphatic heterocycles. The van der Waals surface area contributed by atoms with E-state index >= 15 is 0 Å². The number of pyridine rings is 1. The number of rotatable bonds is 1. The quantitative estimate of drug-likeness (QED) is 0.607. The molecule has 1 heterocycles. The number of nitrogens with zero attached hydrogens (tertiary/aromatic N) is 1. The van der Waals surface area contributed by atoms with Crippen LogP contribution in [0, 0.1) is 12.7 Å². The highest BCUT2D eigenvalue weighted by atomic mass is 35.5. The van der Waals surface area contributed by atoms with Crippen molar-refractivity contribution in [1.29, 1.82) is 0 Å². The number of aryl methyl sites for hydroxylation is 1. The Morgan fingerprint density at radius 2 is 1.79 bits per heavy atom. The molecule has 2 aromatic carbocycles. The van der Waals surface area contributed by atoms with Gasteiger partial charge in [0, 0.05) is 10.9 Å². The average molecular weight is 272 g/mol. The summed E-state index contributed by atoms with van der Waals surface area (Å²) in [5.41, 5.74) is 3.03. The van der Waals surface area contributed by atoms with Gasteiger partial charge in [0.25, 0.3) is 0 Å². The van der Waals surface area contributed by atoms with E-state index in [1.165, 1.54) is 0 Å². The van der Waals surface area contributed by atoms with Crippen molar-refractivity contribution < 1.29 is 4.39 Å². The van der Waals surface area contributed by atoms with Crippen LogP contribution in [0.5, 0.6) is 0 Å². The van der Waals surface area contributed by atoms with Gasteiger partial charge in [-0.25, -0.2) is 9.37 Å². The van der Waals surface area contributed by atoms with Gasteiger partial charge in [0.15, 0.2) is 5.82 Å². The molecule has 3 rings (SSSR count). The zero-order chi connectivity index (χ0) is 13.4. The fourth-order valence-corrected chi connectivity index (χ4v) is 2.31. The van der Waals surface area contributed by atoms with Crippen LogP contribution in [-0.2, 0) is 0 Å². The summed E-state index contributed by atoms with van der Waals surface area (Å²) in [5, 5.41) is 0.895. The van der Waals surface area contributed by atoms with E-state index in [1.54, 1.807) is 12.1 Å². The summed E-state index contributed by atoms with van der Waals surface area (Å²) in [6, 6.07) is 15.1. The maximum Gasteiger partial charge on any atom is 0.167 e. The number of halogens is 2. The van der Waals surface area contributed by atoms with Crippen LogP contribution < -0.4 is 0 Å². The third-order valence-electron chi connectivity index (χ3n) is 3.15. The molecule has 0 N–H and O–H groups in total. The monoisotopic (exact) mass is 271 g/mol. The van der Waals surface area contributed by atoms with Gasteiger partial charge in [-0.1, -0.05) is 48.0 Å². The van der Waals surface area contributed by atoms with E-state index in [1.807, 2.05) is 43.3 Å². The SMILES string of the molecule is Cc1cc(-c2ccccc2)nc2c(F)c(Cl)ccc12. The van der Waals surface area contributed by atoms with Crippen molar-refractivity contribution in [3.8, 4) is 11.3 Å². The number of hydrogen-bond acceptors (Lipinski definition) is 1. The van der Waals surface area contributed by atoms with Gasteiger partial charge in [-0.3, -0.25) is 0 Å². The predicted molar refractivity (Wildman–Crippen MR) is 76.9 cm³/mol. The maximum absolute atomic E-state index is 14.1. The molecule has 19 heavy (non-hydrogen) atoms. The van der Waals surface area contributed by atoms with E-state index in [9.17, 15) is 4.39 Å². The largest absolute Gasteiger partial charge is 0.245 e. The molecule has 3 heteroatoms. The minimum absolute atomic E-state index is 0.101. The van der Waals surface area contributed by atoms with E-state index in [2.05, 4.69) is 4.98 Å². The third kappa shape index (κ3) is 2.08. The number of fused-ring (bicyclic) bond motifs is 1. The molecular formula is C16H11ClFN. The van der Waals surface area contributed by atoms with E-state index < -0.39 is 5.82 Å². The summed E-state index contributed by atoms with van der Waals surface area (Å²) in [5.74, 6) is -0.458. The molecule has 1 aromatic heterocycles. The summed E-state index contributed by atoms with van der Waals surface area (Å²) in [4.78, 5) is 4.41. The lowest BCUT2D eigenvalue weighted by atomic mass is 10.0. The second-order valence-electron chi connectivity index (χ2n) is 4.45. The Morgan fingerprint density at radius 3 is 2.53 bits per heavy atom. The fourth-order valence-electron chi connectivity index (χ4n) is 2.16. The lowest BCUT2D eigenvalue weighted by Gasteiger charge is -2.08. The summed E-state index contributed by atoms with van der Waals surface area (Å²) in [6.07, 6.45) is 0. The molecule has 3 aromatic rings. The van der Waals surface area contributed by atoms with E-state index in [4.69, 9.17) is 11.6 Å². The molecule has 1 nitrogen and oxygen atoms in total. The Kier molecular flexibility index (Phi) is 2.96. The molecule has 0 bridgehead atoms. The number of benzene rings is 2. The van der Waals surface area contributed by atoms with Crippen molar-refractivity contribution in [3.05, 3.63) is 64.9 Å². The Morgan fingerprint density at radius 1 is 1.05 bits per heavy atom. The minimum atomic E-state index is -0.458. The van der Waals surface area contributed by atoms with Crippen molar-refractivity contribution in [2.45, 2.75) is 6.92 Å². The van der Waals surface area contributed by atoms with Gasteiger partial charge in [0.1, 0.15) is 5.52 Å². The number of hydrogen-bond donors (Lipinski definition) is 0. The Balaban J connectivity index is 2.32. The van der Waals surface area contributed by atoms with E-state index in [0.29, 0.717) is 5.52 Å². The zero-order valence-electron chi connectivity index (χ0n) is 10.3. The first-order valence-corrected chi connectivity index (χ1v) is 6.35. The molecule has 0 atom stereocenters. The van der Waals surface area contributed by atoms with Crippen LogP contribution in [-0.4, -0.2) is 4.98 Å². The topological polar surface area (TPSA) is 12.9 Å². The van der Waals surface area contributed by atoms with Crippen molar-refractivity contribution in [3.63, 3.8) is 0 Å². The van der Waals surface area contributed by atoms with Gasteiger partial charge in [0.2, 0.25) is 0 Å². The standard InChI is InChI=1S/C16H11ClFN/c1-10-9-14(11-5-3-2-4-6-11)19-16-12(10)7-8-13(17)15(16)18/h2-9H,1H3. The van der Waals surface area contributed by atoms with Gasteiger partial charge >= 0.3 is 0 Å². The summed E-state index contributed by atoms with van der Waals surface area (Å²) < 4.78 is 14.1. The van der Waals surface area contributed by atoms with Crippen molar-refractivity contribution in [2.24, 2.45) is 0 Å².